The molecular formula is C21H26N2O2. The van der Waals surface area contributed by atoms with Crippen LogP contribution >= 0.6 is 0 Å². The van der Waals surface area contributed by atoms with E-state index >= 15 is 0 Å². The number of carbonyl (C=O) groups excluding carboxylic acids is 1. The normalized spacial score (nSPS) is 28.1. The molecular weight excluding hydrogens is 312 g/mol. The van der Waals surface area contributed by atoms with Gasteiger partial charge in [-0.1, -0.05) is 30.3 Å². The summed E-state index contributed by atoms with van der Waals surface area (Å²) in [5, 5.41) is 9.81. The van der Waals surface area contributed by atoms with Gasteiger partial charge in [-0.05, 0) is 55.2 Å². The maximum atomic E-state index is 13.0. The molecule has 4 atom stereocenters. The lowest BCUT2D eigenvalue weighted by molar-refractivity contribution is 0.0713. The average Bonchev–Trinajstić information content (AvgIpc) is 3.27. The van der Waals surface area contributed by atoms with E-state index in [4.69, 9.17) is 0 Å². The summed E-state index contributed by atoms with van der Waals surface area (Å²) < 4.78 is 1.99. The second-order valence-electron chi connectivity index (χ2n) is 7.72. The van der Waals surface area contributed by atoms with Gasteiger partial charge in [0.15, 0.2) is 0 Å². The van der Waals surface area contributed by atoms with E-state index in [0.29, 0.717) is 17.9 Å². The number of rotatable bonds is 3. The Labute approximate surface area is 149 Å². The number of hydrogen-bond acceptors (Lipinski definition) is 2. The fourth-order valence-electron chi connectivity index (χ4n) is 4.84. The molecule has 1 amide bonds. The van der Waals surface area contributed by atoms with Crippen molar-refractivity contribution in [1.29, 1.82) is 0 Å². The highest BCUT2D eigenvalue weighted by molar-refractivity contribution is 5.94. The van der Waals surface area contributed by atoms with Crippen molar-refractivity contribution < 1.29 is 9.90 Å². The number of nitrogens with zero attached hydrogens (tertiary/aromatic N) is 2. The second kappa shape index (κ2) is 6.34. The van der Waals surface area contributed by atoms with Gasteiger partial charge in [0.05, 0.1) is 6.10 Å². The first kappa shape index (κ1) is 16.4. The summed E-state index contributed by atoms with van der Waals surface area (Å²) in [4.78, 5) is 15.0. The van der Waals surface area contributed by atoms with Crippen LogP contribution in [0.2, 0.25) is 0 Å². The molecule has 1 aromatic carbocycles. The lowest BCUT2D eigenvalue weighted by atomic mass is 10.0. The van der Waals surface area contributed by atoms with Gasteiger partial charge in [-0.25, -0.2) is 0 Å². The van der Waals surface area contributed by atoms with Crippen molar-refractivity contribution in [2.45, 2.75) is 37.8 Å². The Balaban J connectivity index is 1.51. The molecule has 0 radical (unpaired) electrons. The van der Waals surface area contributed by atoms with Gasteiger partial charge in [0.2, 0.25) is 0 Å². The Morgan fingerprint density at radius 1 is 1.04 bits per heavy atom. The largest absolute Gasteiger partial charge is 0.393 e. The van der Waals surface area contributed by atoms with Gasteiger partial charge in [0.25, 0.3) is 5.91 Å². The third kappa shape index (κ3) is 2.89. The molecule has 0 spiro atoms. The number of amides is 1. The number of hydrogen-bond donors (Lipinski definition) is 1. The fraction of sp³-hybridized carbons (Fsp3) is 0.476. The van der Waals surface area contributed by atoms with Gasteiger partial charge in [-0.15, -0.1) is 0 Å². The second-order valence-corrected chi connectivity index (χ2v) is 7.72. The molecule has 2 fully saturated rings. The van der Waals surface area contributed by atoms with Gasteiger partial charge in [0.1, 0.15) is 5.69 Å². The molecule has 2 unspecified atom stereocenters. The van der Waals surface area contributed by atoms with Crippen LogP contribution in [0.3, 0.4) is 0 Å². The summed E-state index contributed by atoms with van der Waals surface area (Å²) in [6, 6.07) is 14.4. The van der Waals surface area contributed by atoms with Crippen molar-refractivity contribution in [3.05, 3.63) is 48.2 Å². The summed E-state index contributed by atoms with van der Waals surface area (Å²) in [5.41, 5.74) is 2.92. The topological polar surface area (TPSA) is 45.5 Å². The zero-order valence-electron chi connectivity index (χ0n) is 14.9. The molecule has 2 saturated carbocycles. The van der Waals surface area contributed by atoms with Crippen LogP contribution in [0, 0.1) is 11.8 Å². The van der Waals surface area contributed by atoms with Crippen molar-refractivity contribution in [2.75, 3.05) is 7.05 Å². The van der Waals surface area contributed by atoms with Crippen molar-refractivity contribution >= 4 is 5.91 Å². The Morgan fingerprint density at radius 3 is 2.32 bits per heavy atom. The molecule has 1 heterocycles. The number of fused-ring (bicyclic) bond motifs is 1. The van der Waals surface area contributed by atoms with Gasteiger partial charge < -0.3 is 14.6 Å². The summed E-state index contributed by atoms with van der Waals surface area (Å²) in [6.45, 7) is 0. The Bertz CT molecular complexity index is 753. The molecule has 0 bridgehead atoms. The Kier molecular flexibility index (Phi) is 4.16. The van der Waals surface area contributed by atoms with Crippen molar-refractivity contribution in [3.63, 3.8) is 0 Å². The maximum Gasteiger partial charge on any atom is 0.270 e. The number of aliphatic hydroxyl groups is 1. The summed E-state index contributed by atoms with van der Waals surface area (Å²) in [7, 11) is 3.89. The molecule has 4 nitrogen and oxygen atoms in total. The molecule has 25 heavy (non-hydrogen) atoms. The fourth-order valence-corrected chi connectivity index (χ4v) is 4.84. The third-order valence-corrected chi connectivity index (χ3v) is 6.24. The quantitative estimate of drug-likeness (QED) is 0.933. The van der Waals surface area contributed by atoms with E-state index < -0.39 is 0 Å². The summed E-state index contributed by atoms with van der Waals surface area (Å²) >= 11 is 0. The number of benzene rings is 1. The minimum atomic E-state index is -0.127. The first-order chi connectivity index (χ1) is 12.0. The highest BCUT2D eigenvalue weighted by atomic mass is 16.3. The zero-order chi connectivity index (χ0) is 17.6. The molecule has 1 N–H and O–H groups in total. The van der Waals surface area contributed by atoms with Crippen LogP contribution in [0.15, 0.2) is 42.5 Å². The van der Waals surface area contributed by atoms with E-state index in [0.717, 1.165) is 42.6 Å². The van der Waals surface area contributed by atoms with E-state index in [2.05, 4.69) is 12.1 Å². The Morgan fingerprint density at radius 2 is 1.68 bits per heavy atom. The predicted octanol–water partition coefficient (Wildman–Crippen LogP) is 3.31. The number of aliphatic hydroxyl groups excluding tert-OH is 1. The van der Waals surface area contributed by atoms with Crippen molar-refractivity contribution in [1.82, 2.24) is 9.47 Å². The highest BCUT2D eigenvalue weighted by Crippen LogP contribution is 2.45. The standard InChI is InChI=1S/C21H26N2O2/c1-22(17-10-15-12-18(24)13-16(15)11-17)21(25)20-9-8-19(23(20)2)14-6-4-3-5-7-14/h3-9,15-18,24H,10-13H2,1-2H3/t15-,16+,17?,18?. The molecule has 0 saturated heterocycles. The lowest BCUT2D eigenvalue weighted by Crippen LogP contribution is -2.37. The van der Waals surface area contributed by atoms with E-state index in [1.165, 1.54) is 0 Å². The van der Waals surface area contributed by atoms with E-state index in [1.807, 2.05) is 53.9 Å². The van der Waals surface area contributed by atoms with Crippen LogP contribution in [0.5, 0.6) is 0 Å². The van der Waals surface area contributed by atoms with Gasteiger partial charge in [-0.3, -0.25) is 4.79 Å². The van der Waals surface area contributed by atoms with Crippen molar-refractivity contribution in [2.24, 2.45) is 18.9 Å². The van der Waals surface area contributed by atoms with Crippen LogP contribution in [0.4, 0.5) is 0 Å². The molecule has 4 rings (SSSR count). The monoisotopic (exact) mass is 338 g/mol. The Hall–Kier alpha value is -2.07. The lowest BCUT2D eigenvalue weighted by Gasteiger charge is -2.26. The van der Waals surface area contributed by atoms with Crippen molar-refractivity contribution in [3.8, 4) is 11.3 Å². The molecule has 2 aromatic rings. The number of carbonyl (C=O) groups is 1. The van der Waals surface area contributed by atoms with Crippen LogP contribution in [0.25, 0.3) is 11.3 Å². The first-order valence-electron chi connectivity index (χ1n) is 9.21. The summed E-state index contributed by atoms with van der Waals surface area (Å²) in [5.74, 6) is 1.27. The molecule has 2 aliphatic carbocycles. The number of aromatic nitrogens is 1. The molecule has 1 aromatic heterocycles. The van der Waals surface area contributed by atoms with Crippen LogP contribution < -0.4 is 0 Å². The minimum absolute atomic E-state index is 0.0928. The maximum absolute atomic E-state index is 13.0. The van der Waals surface area contributed by atoms with E-state index in [9.17, 15) is 9.90 Å². The van der Waals surface area contributed by atoms with Gasteiger partial charge in [0, 0.05) is 25.8 Å². The highest BCUT2D eigenvalue weighted by Gasteiger charge is 2.43. The third-order valence-electron chi connectivity index (χ3n) is 6.24. The molecule has 0 aliphatic heterocycles. The first-order valence-corrected chi connectivity index (χ1v) is 9.21. The van der Waals surface area contributed by atoms with E-state index in [1.54, 1.807) is 0 Å². The molecule has 4 heteroatoms. The minimum Gasteiger partial charge on any atom is -0.393 e. The summed E-state index contributed by atoms with van der Waals surface area (Å²) in [6.07, 6.45) is 3.75. The smallest absolute Gasteiger partial charge is 0.270 e. The zero-order valence-corrected chi connectivity index (χ0v) is 14.9. The van der Waals surface area contributed by atoms with E-state index in [-0.39, 0.29) is 12.0 Å². The predicted molar refractivity (Wildman–Crippen MR) is 98.2 cm³/mol. The average molecular weight is 338 g/mol. The van der Waals surface area contributed by atoms with Crippen LogP contribution in [0.1, 0.15) is 36.2 Å². The SMILES string of the molecule is CN(C(=O)c1ccc(-c2ccccc2)n1C)C1C[C@H]2CC(O)C[C@H]2C1. The van der Waals surface area contributed by atoms with Crippen LogP contribution in [-0.2, 0) is 7.05 Å². The molecule has 132 valence electrons. The molecule has 2 aliphatic rings. The van der Waals surface area contributed by atoms with Crippen LogP contribution in [-0.4, -0.2) is 39.7 Å². The van der Waals surface area contributed by atoms with Gasteiger partial charge in [-0.2, -0.15) is 0 Å². The van der Waals surface area contributed by atoms with Gasteiger partial charge >= 0.3 is 0 Å².